The number of benzene rings is 8. The number of rotatable bonds is 5. The van der Waals surface area contributed by atoms with E-state index in [0.717, 1.165) is 28.1 Å². The van der Waals surface area contributed by atoms with Gasteiger partial charge in [-0.3, -0.25) is 4.57 Å². The fourth-order valence-corrected chi connectivity index (χ4v) is 7.82. The third kappa shape index (κ3) is 4.31. The van der Waals surface area contributed by atoms with Crippen molar-refractivity contribution < 1.29 is 0 Å². The van der Waals surface area contributed by atoms with Crippen molar-refractivity contribution in [1.82, 2.24) is 9.55 Å². The Balaban J connectivity index is 1.24. The van der Waals surface area contributed by atoms with E-state index < -0.39 is 0 Å². The molecular weight excluding hydrogens is 593 g/mol. The van der Waals surface area contributed by atoms with Gasteiger partial charge in [-0.1, -0.05) is 152 Å². The van der Waals surface area contributed by atoms with Crippen LogP contribution in [0.5, 0.6) is 0 Å². The van der Waals surface area contributed by atoms with Crippen LogP contribution in [0.1, 0.15) is 0 Å². The largest absolute Gasteiger partial charge is 0.292 e. The van der Waals surface area contributed by atoms with Gasteiger partial charge in [-0.25, -0.2) is 4.98 Å². The lowest BCUT2D eigenvalue weighted by Gasteiger charge is -2.21. The van der Waals surface area contributed by atoms with Crippen LogP contribution in [0.4, 0.5) is 0 Å². The standard InChI is InChI=1S/C47H30N2/c1-4-14-31(15-5-1)40-30-39(44(34-16-6-2-7-17-34)46-38-23-13-19-33-18-12-22-37(43(33)38)45(40)46)32-26-28-35(29-27-32)47-48-41-24-10-11-25-42(41)49(47)36-20-8-3-9-21-36/h1-30H. The van der Waals surface area contributed by atoms with Crippen LogP contribution in [0, 0.1) is 0 Å². The van der Waals surface area contributed by atoms with Crippen molar-refractivity contribution in [2.24, 2.45) is 0 Å². The Morgan fingerprint density at radius 2 is 0.918 bits per heavy atom. The summed E-state index contributed by atoms with van der Waals surface area (Å²) in [5, 5.41) is 2.61. The molecule has 9 aromatic rings. The molecule has 0 atom stereocenters. The molecule has 8 aromatic carbocycles. The van der Waals surface area contributed by atoms with Crippen LogP contribution in [0.15, 0.2) is 182 Å². The zero-order chi connectivity index (χ0) is 32.3. The Bertz CT molecular complexity index is 2660. The molecule has 2 heteroatoms. The third-order valence-corrected chi connectivity index (χ3v) is 9.95. The summed E-state index contributed by atoms with van der Waals surface area (Å²) in [5.41, 5.74) is 16.8. The first-order chi connectivity index (χ1) is 24.3. The van der Waals surface area contributed by atoms with E-state index in [9.17, 15) is 0 Å². The highest BCUT2D eigenvalue weighted by Crippen LogP contribution is 2.57. The minimum atomic E-state index is 0.934. The second-order valence-corrected chi connectivity index (χ2v) is 12.7. The molecule has 0 N–H and O–H groups in total. The lowest BCUT2D eigenvalue weighted by molar-refractivity contribution is 1.10. The van der Waals surface area contributed by atoms with Gasteiger partial charge in [0.1, 0.15) is 5.82 Å². The average Bonchev–Trinajstić information content (AvgIpc) is 3.73. The summed E-state index contributed by atoms with van der Waals surface area (Å²) in [4.78, 5) is 5.14. The maximum absolute atomic E-state index is 5.14. The molecule has 1 heterocycles. The Morgan fingerprint density at radius 1 is 0.367 bits per heavy atom. The lowest BCUT2D eigenvalue weighted by atomic mass is 9.82. The smallest absolute Gasteiger partial charge is 0.145 e. The molecule has 0 amide bonds. The van der Waals surface area contributed by atoms with Gasteiger partial charge in [-0.05, 0) is 96.7 Å². The highest BCUT2D eigenvalue weighted by molar-refractivity contribution is 6.22. The van der Waals surface area contributed by atoms with E-state index in [2.05, 4.69) is 187 Å². The van der Waals surface area contributed by atoms with E-state index >= 15 is 0 Å². The molecule has 0 saturated carbocycles. The van der Waals surface area contributed by atoms with E-state index in [4.69, 9.17) is 4.98 Å². The summed E-state index contributed by atoms with van der Waals surface area (Å²) >= 11 is 0. The first kappa shape index (κ1) is 27.6. The Kier molecular flexibility index (Phi) is 6.22. The molecule has 0 unspecified atom stereocenters. The van der Waals surface area contributed by atoms with Crippen molar-refractivity contribution in [3.8, 4) is 72.7 Å². The molecule has 1 aliphatic carbocycles. The highest BCUT2D eigenvalue weighted by Gasteiger charge is 2.30. The van der Waals surface area contributed by atoms with Gasteiger partial charge in [-0.2, -0.15) is 0 Å². The van der Waals surface area contributed by atoms with Crippen LogP contribution < -0.4 is 0 Å². The molecule has 10 rings (SSSR count). The minimum Gasteiger partial charge on any atom is -0.292 e. The number of imidazole rings is 1. The molecule has 228 valence electrons. The number of nitrogens with zero attached hydrogens (tertiary/aromatic N) is 2. The molecule has 1 aliphatic rings. The van der Waals surface area contributed by atoms with Gasteiger partial charge in [-0.15, -0.1) is 0 Å². The quantitative estimate of drug-likeness (QED) is 0.187. The van der Waals surface area contributed by atoms with Crippen LogP contribution >= 0.6 is 0 Å². The summed E-state index contributed by atoms with van der Waals surface area (Å²) in [6.45, 7) is 0. The zero-order valence-corrected chi connectivity index (χ0v) is 26.7. The minimum absolute atomic E-state index is 0.934. The highest BCUT2D eigenvalue weighted by atomic mass is 15.1. The number of hydrogen-bond acceptors (Lipinski definition) is 1. The van der Waals surface area contributed by atoms with Gasteiger partial charge in [0.05, 0.1) is 11.0 Å². The predicted octanol–water partition coefficient (Wildman–Crippen LogP) is 12.5. The van der Waals surface area contributed by atoms with Crippen molar-refractivity contribution in [1.29, 1.82) is 0 Å². The summed E-state index contributed by atoms with van der Waals surface area (Å²) < 4.78 is 2.26. The summed E-state index contributed by atoms with van der Waals surface area (Å²) in [6.07, 6.45) is 0. The van der Waals surface area contributed by atoms with Gasteiger partial charge in [0, 0.05) is 11.3 Å². The Morgan fingerprint density at radius 3 is 1.63 bits per heavy atom. The fraction of sp³-hybridized carbons (Fsp3) is 0. The van der Waals surface area contributed by atoms with Crippen molar-refractivity contribution >= 4 is 21.8 Å². The molecule has 2 nitrogen and oxygen atoms in total. The van der Waals surface area contributed by atoms with E-state index in [1.807, 2.05) is 0 Å². The van der Waals surface area contributed by atoms with Crippen LogP contribution in [-0.2, 0) is 0 Å². The fourth-order valence-electron chi connectivity index (χ4n) is 7.82. The molecule has 1 aromatic heterocycles. The molecule has 49 heavy (non-hydrogen) atoms. The van der Waals surface area contributed by atoms with E-state index in [1.165, 1.54) is 66.4 Å². The summed E-state index contributed by atoms with van der Waals surface area (Å²) in [7, 11) is 0. The average molecular weight is 623 g/mol. The monoisotopic (exact) mass is 622 g/mol. The summed E-state index contributed by atoms with van der Waals surface area (Å²) in [6, 6.07) is 65.6. The van der Waals surface area contributed by atoms with Crippen molar-refractivity contribution in [2.75, 3.05) is 0 Å². The molecular formula is C47H30N2. The Labute approximate surface area is 285 Å². The van der Waals surface area contributed by atoms with E-state index in [0.29, 0.717) is 0 Å². The van der Waals surface area contributed by atoms with Crippen LogP contribution in [0.3, 0.4) is 0 Å². The summed E-state index contributed by atoms with van der Waals surface area (Å²) in [5.74, 6) is 0.934. The van der Waals surface area contributed by atoms with Crippen molar-refractivity contribution in [3.63, 3.8) is 0 Å². The van der Waals surface area contributed by atoms with Gasteiger partial charge in [0.2, 0.25) is 0 Å². The van der Waals surface area contributed by atoms with E-state index in [1.54, 1.807) is 0 Å². The first-order valence-corrected chi connectivity index (χ1v) is 16.8. The van der Waals surface area contributed by atoms with Crippen molar-refractivity contribution in [3.05, 3.63) is 182 Å². The maximum Gasteiger partial charge on any atom is 0.145 e. The van der Waals surface area contributed by atoms with Crippen LogP contribution in [0.2, 0.25) is 0 Å². The molecule has 0 saturated heterocycles. The van der Waals surface area contributed by atoms with Gasteiger partial charge < -0.3 is 0 Å². The molecule has 0 fully saturated rings. The Hall–Kier alpha value is -6.51. The topological polar surface area (TPSA) is 17.8 Å². The van der Waals surface area contributed by atoms with Gasteiger partial charge in [0.25, 0.3) is 0 Å². The number of para-hydroxylation sites is 3. The van der Waals surface area contributed by atoms with Crippen molar-refractivity contribution in [2.45, 2.75) is 0 Å². The second-order valence-electron chi connectivity index (χ2n) is 12.7. The molecule has 0 radical (unpaired) electrons. The zero-order valence-electron chi connectivity index (χ0n) is 26.7. The van der Waals surface area contributed by atoms with E-state index in [-0.39, 0.29) is 0 Å². The van der Waals surface area contributed by atoms with Crippen LogP contribution in [0.25, 0.3) is 94.5 Å². The normalized spacial score (nSPS) is 11.7. The van der Waals surface area contributed by atoms with Gasteiger partial charge >= 0.3 is 0 Å². The molecule has 0 bridgehead atoms. The maximum atomic E-state index is 5.14. The predicted molar refractivity (Wildman–Crippen MR) is 205 cm³/mol. The molecule has 0 aliphatic heterocycles. The number of fused-ring (bicyclic) bond motifs is 4. The number of aromatic nitrogens is 2. The lowest BCUT2D eigenvalue weighted by Crippen LogP contribution is -1.97. The third-order valence-electron chi connectivity index (χ3n) is 9.95. The van der Waals surface area contributed by atoms with Crippen LogP contribution in [-0.4, -0.2) is 9.55 Å². The van der Waals surface area contributed by atoms with Gasteiger partial charge in [0.15, 0.2) is 0 Å². The first-order valence-electron chi connectivity index (χ1n) is 16.8. The molecule has 0 spiro atoms. The number of hydrogen-bond donors (Lipinski definition) is 0. The SMILES string of the molecule is c1ccc(-c2cc(-c3ccc(-c4nc5ccccc5n4-c4ccccc4)cc3)c(-c3ccccc3)c3c2-c2cccc4cccc-3c24)cc1. The second kappa shape index (κ2) is 11.0.